The number of hydrogen-bond donors (Lipinski definition) is 1. The van der Waals surface area contributed by atoms with E-state index in [0.717, 1.165) is 11.6 Å². The zero-order valence-corrected chi connectivity index (χ0v) is 15.1. The summed E-state index contributed by atoms with van der Waals surface area (Å²) in [6.45, 7) is 1.82. The number of carbonyl (C=O) groups excluding carboxylic acids is 1. The summed E-state index contributed by atoms with van der Waals surface area (Å²) >= 11 is 0. The van der Waals surface area contributed by atoms with Crippen molar-refractivity contribution in [2.75, 3.05) is 0 Å². The van der Waals surface area contributed by atoms with Gasteiger partial charge in [0.2, 0.25) is 5.91 Å². The molecule has 0 spiro atoms. The highest BCUT2D eigenvalue weighted by Gasteiger charge is 2.10. The maximum atomic E-state index is 13.6. The van der Waals surface area contributed by atoms with E-state index in [4.69, 9.17) is 4.74 Å². The molecule has 0 bridgehead atoms. The van der Waals surface area contributed by atoms with E-state index in [9.17, 15) is 13.6 Å². The van der Waals surface area contributed by atoms with Crippen LogP contribution in [0.3, 0.4) is 0 Å². The fourth-order valence-corrected chi connectivity index (χ4v) is 2.55. The van der Waals surface area contributed by atoms with Gasteiger partial charge in [0.1, 0.15) is 11.5 Å². The second-order valence-electron chi connectivity index (χ2n) is 6.06. The van der Waals surface area contributed by atoms with E-state index in [-0.39, 0.29) is 11.6 Å². The maximum Gasteiger partial charge on any atom is 0.244 e. The van der Waals surface area contributed by atoms with E-state index in [1.165, 1.54) is 24.3 Å². The molecule has 142 valence electrons. The Labute approximate surface area is 161 Å². The number of pyridine rings is 1. The Balaban J connectivity index is 1.64. The Morgan fingerprint density at radius 3 is 2.61 bits per heavy atom. The van der Waals surface area contributed by atoms with Gasteiger partial charge < -0.3 is 10.1 Å². The van der Waals surface area contributed by atoms with Gasteiger partial charge in [-0.1, -0.05) is 24.3 Å². The predicted molar refractivity (Wildman–Crippen MR) is 103 cm³/mol. The summed E-state index contributed by atoms with van der Waals surface area (Å²) in [7, 11) is 0. The lowest BCUT2D eigenvalue weighted by atomic mass is 10.1. The number of ether oxygens (including phenoxy) is 1. The molecule has 0 radical (unpaired) electrons. The Morgan fingerprint density at radius 1 is 1.07 bits per heavy atom. The highest BCUT2D eigenvalue weighted by molar-refractivity contribution is 5.92. The van der Waals surface area contributed by atoms with Crippen LogP contribution < -0.4 is 10.1 Å². The molecule has 1 N–H and O–H groups in total. The van der Waals surface area contributed by atoms with E-state index in [0.29, 0.717) is 11.5 Å². The first-order valence-corrected chi connectivity index (χ1v) is 8.63. The van der Waals surface area contributed by atoms with Crippen LogP contribution in [0, 0.1) is 11.6 Å². The molecule has 6 heteroatoms. The van der Waals surface area contributed by atoms with Gasteiger partial charge in [0, 0.05) is 24.0 Å². The second kappa shape index (κ2) is 8.90. The molecule has 1 amide bonds. The minimum absolute atomic E-state index is 0.00977. The first-order valence-electron chi connectivity index (χ1n) is 8.63. The molecule has 1 unspecified atom stereocenters. The Kier molecular flexibility index (Phi) is 6.11. The third-order valence-corrected chi connectivity index (χ3v) is 4.00. The molecular formula is C22H18F2N2O2. The quantitative estimate of drug-likeness (QED) is 0.610. The zero-order valence-electron chi connectivity index (χ0n) is 15.1. The fourth-order valence-electron chi connectivity index (χ4n) is 2.55. The summed E-state index contributed by atoms with van der Waals surface area (Å²) in [5, 5.41) is 2.78. The van der Waals surface area contributed by atoms with Crippen LogP contribution >= 0.6 is 0 Å². The molecule has 28 heavy (non-hydrogen) atoms. The number of amides is 1. The molecule has 0 fully saturated rings. The average Bonchev–Trinajstić information content (AvgIpc) is 2.70. The minimum Gasteiger partial charge on any atom is -0.457 e. The van der Waals surface area contributed by atoms with E-state index in [1.807, 2.05) is 31.2 Å². The van der Waals surface area contributed by atoms with Crippen molar-refractivity contribution in [3.8, 4) is 11.5 Å². The SMILES string of the molecule is CC(NC(=O)C=Cc1cccc(F)c1F)c1cccc(Oc2ccncc2)c1. The van der Waals surface area contributed by atoms with Crippen LogP contribution in [0.4, 0.5) is 8.78 Å². The summed E-state index contributed by atoms with van der Waals surface area (Å²) in [4.78, 5) is 16.1. The van der Waals surface area contributed by atoms with E-state index >= 15 is 0 Å². The van der Waals surface area contributed by atoms with Gasteiger partial charge >= 0.3 is 0 Å². The molecule has 0 aliphatic carbocycles. The molecule has 2 aromatic carbocycles. The molecule has 0 saturated heterocycles. The Bertz CT molecular complexity index is 991. The van der Waals surface area contributed by atoms with E-state index in [2.05, 4.69) is 10.3 Å². The van der Waals surface area contributed by atoms with Gasteiger partial charge in [-0.3, -0.25) is 9.78 Å². The summed E-state index contributed by atoms with van der Waals surface area (Å²) in [5.74, 6) is -1.08. The molecule has 3 rings (SSSR count). The van der Waals surface area contributed by atoms with Crippen LogP contribution in [0.1, 0.15) is 24.1 Å². The van der Waals surface area contributed by atoms with Gasteiger partial charge in [-0.25, -0.2) is 8.78 Å². The Hall–Kier alpha value is -3.54. The second-order valence-corrected chi connectivity index (χ2v) is 6.06. The normalized spacial score (nSPS) is 12.0. The summed E-state index contributed by atoms with van der Waals surface area (Å²) in [6, 6.07) is 14.3. The topological polar surface area (TPSA) is 51.2 Å². The van der Waals surface area contributed by atoms with Crippen LogP contribution in [-0.4, -0.2) is 10.9 Å². The largest absolute Gasteiger partial charge is 0.457 e. The van der Waals surface area contributed by atoms with Crippen molar-refractivity contribution in [1.82, 2.24) is 10.3 Å². The van der Waals surface area contributed by atoms with Crippen molar-refractivity contribution in [3.05, 3.63) is 95.8 Å². The fraction of sp³-hybridized carbons (Fsp3) is 0.0909. The van der Waals surface area contributed by atoms with Crippen LogP contribution in [0.2, 0.25) is 0 Å². The zero-order chi connectivity index (χ0) is 19.9. The highest BCUT2D eigenvalue weighted by atomic mass is 19.2. The Morgan fingerprint density at radius 2 is 1.82 bits per heavy atom. The third-order valence-electron chi connectivity index (χ3n) is 4.00. The summed E-state index contributed by atoms with van der Waals surface area (Å²) in [5.41, 5.74) is 0.848. The van der Waals surface area contributed by atoms with Crippen molar-refractivity contribution in [2.24, 2.45) is 0 Å². The van der Waals surface area contributed by atoms with Crippen LogP contribution in [-0.2, 0) is 4.79 Å². The monoisotopic (exact) mass is 380 g/mol. The highest BCUT2D eigenvalue weighted by Crippen LogP contribution is 2.24. The van der Waals surface area contributed by atoms with Crippen molar-refractivity contribution in [1.29, 1.82) is 0 Å². The lowest BCUT2D eigenvalue weighted by Crippen LogP contribution is -2.24. The molecule has 0 aliphatic rings. The third kappa shape index (κ3) is 5.01. The summed E-state index contributed by atoms with van der Waals surface area (Å²) in [6.07, 6.45) is 5.68. The molecule has 3 aromatic rings. The van der Waals surface area contributed by atoms with Gasteiger partial charge in [-0.2, -0.15) is 0 Å². The number of benzene rings is 2. The summed E-state index contributed by atoms with van der Waals surface area (Å²) < 4.78 is 32.6. The van der Waals surface area contributed by atoms with Crippen LogP contribution in [0.5, 0.6) is 11.5 Å². The number of rotatable bonds is 6. The van der Waals surface area contributed by atoms with Crippen molar-refractivity contribution >= 4 is 12.0 Å². The van der Waals surface area contributed by atoms with Gasteiger partial charge in [-0.15, -0.1) is 0 Å². The first kappa shape index (κ1) is 19.2. The number of nitrogens with one attached hydrogen (secondary N) is 1. The van der Waals surface area contributed by atoms with Crippen molar-refractivity contribution in [2.45, 2.75) is 13.0 Å². The van der Waals surface area contributed by atoms with E-state index < -0.39 is 17.5 Å². The molecule has 1 atom stereocenters. The first-order chi connectivity index (χ1) is 13.5. The predicted octanol–water partition coefficient (Wildman–Crippen LogP) is 5.04. The smallest absolute Gasteiger partial charge is 0.244 e. The molecule has 1 heterocycles. The minimum atomic E-state index is -0.986. The number of halogens is 2. The number of aromatic nitrogens is 1. The van der Waals surface area contributed by atoms with Gasteiger partial charge in [-0.05, 0) is 48.9 Å². The van der Waals surface area contributed by atoms with Gasteiger partial charge in [0.25, 0.3) is 0 Å². The lowest BCUT2D eigenvalue weighted by Gasteiger charge is -2.14. The number of hydrogen-bond acceptors (Lipinski definition) is 3. The molecular weight excluding hydrogens is 362 g/mol. The van der Waals surface area contributed by atoms with Crippen molar-refractivity contribution < 1.29 is 18.3 Å². The number of nitrogens with zero attached hydrogens (tertiary/aromatic N) is 1. The standard InChI is InChI=1S/C22H18F2N2O2/c1-15(26-21(27)9-8-16-4-3-7-20(23)22(16)24)17-5-2-6-19(14-17)28-18-10-12-25-13-11-18/h2-15H,1H3,(H,26,27). The molecule has 1 aromatic heterocycles. The van der Waals surface area contributed by atoms with Crippen LogP contribution in [0.25, 0.3) is 6.08 Å². The van der Waals surface area contributed by atoms with Crippen molar-refractivity contribution in [3.63, 3.8) is 0 Å². The van der Waals surface area contributed by atoms with Crippen LogP contribution in [0.15, 0.2) is 73.1 Å². The maximum absolute atomic E-state index is 13.6. The average molecular weight is 380 g/mol. The molecule has 4 nitrogen and oxygen atoms in total. The molecule has 0 saturated carbocycles. The lowest BCUT2D eigenvalue weighted by molar-refractivity contribution is -0.117. The van der Waals surface area contributed by atoms with Gasteiger partial charge in [0.05, 0.1) is 6.04 Å². The van der Waals surface area contributed by atoms with Gasteiger partial charge in [0.15, 0.2) is 11.6 Å². The molecule has 0 aliphatic heterocycles. The number of carbonyl (C=O) groups is 1. The van der Waals surface area contributed by atoms with E-state index in [1.54, 1.807) is 24.5 Å².